The fraction of sp³-hybridized carbons (Fsp3) is 0.875. The Morgan fingerprint density at radius 3 is 1.86 bits per heavy atom. The Morgan fingerprint density at radius 2 is 1.30 bits per heavy atom. The maximum absolute atomic E-state index is 13.0. The van der Waals surface area contributed by atoms with Crippen LogP contribution in [-0.4, -0.2) is 98.7 Å². The van der Waals surface area contributed by atoms with E-state index < -0.39 is 61.5 Å². The van der Waals surface area contributed by atoms with Crippen LogP contribution in [-0.2, 0) is 14.3 Å². The smallest absolute Gasteiger partial charge is 0.249 e. The van der Waals surface area contributed by atoms with Crippen LogP contribution in [0, 0.1) is 0 Å². The number of rotatable bonds is 31. The highest BCUT2D eigenvalue weighted by molar-refractivity contribution is 5.80. The van der Waals surface area contributed by atoms with Gasteiger partial charge in [0.1, 0.15) is 30.5 Å². The van der Waals surface area contributed by atoms with Crippen LogP contribution in [0.1, 0.15) is 162 Å². The molecule has 1 aliphatic rings. The molecule has 0 radical (unpaired) electrons. The van der Waals surface area contributed by atoms with Crippen LogP contribution in [0.2, 0.25) is 0 Å². The molecule has 50 heavy (non-hydrogen) atoms. The molecule has 1 heterocycles. The number of nitrogens with one attached hydrogen (secondary N) is 1. The Morgan fingerprint density at radius 1 is 0.760 bits per heavy atom. The summed E-state index contributed by atoms with van der Waals surface area (Å²) >= 11 is 0. The molecule has 1 saturated heterocycles. The minimum absolute atomic E-state index is 0.305. The molecule has 1 fully saturated rings. The highest BCUT2D eigenvalue weighted by atomic mass is 16.7. The largest absolute Gasteiger partial charge is 0.394 e. The summed E-state index contributed by atoms with van der Waals surface area (Å²) in [4.78, 5) is 13.0. The van der Waals surface area contributed by atoms with Gasteiger partial charge < -0.3 is 45.4 Å². The van der Waals surface area contributed by atoms with E-state index in [0.29, 0.717) is 19.3 Å². The molecule has 1 rings (SSSR count). The van der Waals surface area contributed by atoms with Gasteiger partial charge >= 0.3 is 0 Å². The van der Waals surface area contributed by atoms with E-state index >= 15 is 0 Å². The van der Waals surface area contributed by atoms with Gasteiger partial charge in [0.25, 0.3) is 0 Å². The van der Waals surface area contributed by atoms with Crippen molar-refractivity contribution in [1.82, 2.24) is 5.32 Å². The fourth-order valence-corrected chi connectivity index (χ4v) is 6.30. The van der Waals surface area contributed by atoms with Crippen molar-refractivity contribution in [1.29, 1.82) is 0 Å². The number of carbonyl (C=O) groups is 1. The molecule has 1 aliphatic heterocycles. The zero-order valence-electron chi connectivity index (χ0n) is 31.7. The van der Waals surface area contributed by atoms with Crippen LogP contribution in [0.15, 0.2) is 23.8 Å². The van der Waals surface area contributed by atoms with Crippen LogP contribution in [0.3, 0.4) is 0 Å². The van der Waals surface area contributed by atoms with Gasteiger partial charge in [0, 0.05) is 0 Å². The maximum Gasteiger partial charge on any atom is 0.249 e. The third kappa shape index (κ3) is 21.2. The average Bonchev–Trinajstić information content (AvgIpc) is 3.11. The lowest BCUT2D eigenvalue weighted by Gasteiger charge is -2.40. The second-order valence-corrected chi connectivity index (χ2v) is 14.4. The van der Waals surface area contributed by atoms with Gasteiger partial charge in [-0.1, -0.05) is 147 Å². The summed E-state index contributed by atoms with van der Waals surface area (Å²) in [6.45, 7) is 5.68. The van der Waals surface area contributed by atoms with Crippen LogP contribution in [0.4, 0.5) is 0 Å². The molecule has 0 aromatic rings. The first kappa shape index (κ1) is 46.7. The Labute approximate surface area is 303 Å². The Bertz CT molecular complexity index is 883. The van der Waals surface area contributed by atoms with Gasteiger partial charge in [-0.2, -0.15) is 0 Å². The second-order valence-electron chi connectivity index (χ2n) is 14.4. The molecule has 0 aromatic carbocycles. The van der Waals surface area contributed by atoms with E-state index in [1.807, 2.05) is 6.08 Å². The number of hydrogen-bond acceptors (Lipinski definition) is 9. The molecule has 7 N–H and O–H groups in total. The van der Waals surface area contributed by atoms with Crippen LogP contribution >= 0.6 is 0 Å². The Hall–Kier alpha value is -1.37. The van der Waals surface area contributed by atoms with Crippen molar-refractivity contribution in [3.63, 3.8) is 0 Å². The lowest BCUT2D eigenvalue weighted by molar-refractivity contribution is -0.302. The summed E-state index contributed by atoms with van der Waals surface area (Å²) in [5.74, 6) is -0.629. The van der Waals surface area contributed by atoms with E-state index in [9.17, 15) is 35.4 Å². The predicted octanol–water partition coefficient (Wildman–Crippen LogP) is 6.13. The van der Waals surface area contributed by atoms with Crippen molar-refractivity contribution in [2.24, 2.45) is 0 Å². The number of allylic oxidation sites excluding steroid dienone is 3. The first-order valence-electron chi connectivity index (χ1n) is 20.1. The third-order valence-corrected chi connectivity index (χ3v) is 9.75. The van der Waals surface area contributed by atoms with E-state index in [-0.39, 0.29) is 6.61 Å². The molecule has 10 heteroatoms. The summed E-state index contributed by atoms with van der Waals surface area (Å²) in [5.41, 5.74) is 1.36. The zero-order valence-corrected chi connectivity index (χ0v) is 31.7. The molecule has 10 nitrogen and oxygen atoms in total. The first-order chi connectivity index (χ1) is 24.2. The zero-order chi connectivity index (χ0) is 37.0. The number of amides is 1. The Kier molecular flexibility index (Phi) is 28.1. The lowest BCUT2D eigenvalue weighted by atomic mass is 9.99. The highest BCUT2D eigenvalue weighted by Crippen LogP contribution is 2.22. The van der Waals surface area contributed by atoms with Gasteiger partial charge in [-0.05, 0) is 39.0 Å². The lowest BCUT2D eigenvalue weighted by Crippen LogP contribution is -2.60. The number of ether oxygens (including phenoxy) is 2. The van der Waals surface area contributed by atoms with Crippen LogP contribution in [0.5, 0.6) is 0 Å². The molecule has 0 aromatic heterocycles. The summed E-state index contributed by atoms with van der Waals surface area (Å²) in [6, 6.07) is -0.993. The molecule has 1 amide bonds. The summed E-state index contributed by atoms with van der Waals surface area (Å²) in [5, 5.41) is 64.4. The summed E-state index contributed by atoms with van der Waals surface area (Å²) < 4.78 is 11.1. The number of unbranched alkanes of at least 4 members (excludes halogenated alkanes) is 17. The average molecular weight is 714 g/mol. The van der Waals surface area contributed by atoms with Gasteiger partial charge in [-0.15, -0.1) is 0 Å². The molecule has 0 aliphatic carbocycles. The topological polar surface area (TPSA) is 169 Å². The molecular weight excluding hydrogens is 638 g/mol. The molecular formula is C40H75NO9. The molecule has 0 unspecified atom stereocenters. The normalized spacial score (nSPS) is 23.3. The monoisotopic (exact) mass is 714 g/mol. The van der Waals surface area contributed by atoms with Crippen molar-refractivity contribution < 1.29 is 44.9 Å². The van der Waals surface area contributed by atoms with E-state index in [4.69, 9.17) is 9.47 Å². The van der Waals surface area contributed by atoms with E-state index in [2.05, 4.69) is 32.2 Å². The van der Waals surface area contributed by atoms with Gasteiger partial charge in [0.15, 0.2) is 6.29 Å². The highest BCUT2D eigenvalue weighted by Gasteiger charge is 2.44. The molecule has 0 spiro atoms. The minimum Gasteiger partial charge on any atom is -0.394 e. The summed E-state index contributed by atoms with van der Waals surface area (Å²) in [6.07, 6.45) is 20.6. The number of carbonyl (C=O) groups excluding carboxylic acids is 1. The second kappa shape index (κ2) is 30.1. The van der Waals surface area contributed by atoms with Crippen molar-refractivity contribution in [3.05, 3.63) is 23.8 Å². The predicted molar refractivity (Wildman–Crippen MR) is 199 cm³/mol. The molecule has 0 saturated carbocycles. The summed E-state index contributed by atoms with van der Waals surface area (Å²) in [7, 11) is 0. The van der Waals surface area contributed by atoms with Crippen molar-refractivity contribution in [3.8, 4) is 0 Å². The number of aliphatic hydroxyl groups is 6. The number of hydrogen-bond donors (Lipinski definition) is 7. The first-order valence-corrected chi connectivity index (χ1v) is 20.1. The van der Waals surface area contributed by atoms with E-state index in [0.717, 1.165) is 32.1 Å². The van der Waals surface area contributed by atoms with E-state index in [1.54, 1.807) is 6.08 Å². The van der Waals surface area contributed by atoms with Gasteiger partial charge in [0.05, 0.1) is 25.4 Å². The SMILES string of the molecule is CCCCCCCCCCCCCC[C@@H](O)C(=O)N[C@@H](CO[C@@H]1O[C@H](CO)[C@@H](O)[C@H](O)[C@H]1O)[C@H](O)/C=C/CC/C=C(\C)CCCCCCCC. The van der Waals surface area contributed by atoms with Crippen molar-refractivity contribution in [2.75, 3.05) is 13.2 Å². The van der Waals surface area contributed by atoms with Crippen molar-refractivity contribution >= 4 is 5.91 Å². The number of aliphatic hydroxyl groups excluding tert-OH is 6. The van der Waals surface area contributed by atoms with E-state index in [1.165, 1.54) is 95.5 Å². The van der Waals surface area contributed by atoms with Gasteiger partial charge in [0.2, 0.25) is 5.91 Å². The standard InChI is InChI=1S/C40H75NO9/c1-4-6-8-10-12-13-14-15-16-17-19-23-28-34(44)39(48)41-32(30-49-40-38(47)37(46)36(45)35(29-42)50-40)33(43)27-24-20-22-26-31(3)25-21-18-11-9-7-5-2/h24,26-27,32-38,40,42-47H,4-23,25,28-30H2,1-3H3,(H,41,48)/b27-24+,31-26+/t32-,33+,34+,35+,36+,37-,38+,40+/m0/s1. The van der Waals surface area contributed by atoms with Crippen molar-refractivity contribution in [2.45, 2.75) is 211 Å². The van der Waals surface area contributed by atoms with Crippen LogP contribution < -0.4 is 5.32 Å². The van der Waals surface area contributed by atoms with Crippen LogP contribution in [0.25, 0.3) is 0 Å². The van der Waals surface area contributed by atoms with Gasteiger partial charge in [-0.25, -0.2) is 0 Å². The fourth-order valence-electron chi connectivity index (χ4n) is 6.30. The molecule has 8 atom stereocenters. The quantitative estimate of drug-likeness (QED) is 0.0330. The Balaban J connectivity index is 2.60. The molecule has 294 valence electrons. The molecule has 0 bridgehead atoms. The maximum atomic E-state index is 13.0. The van der Waals surface area contributed by atoms with Gasteiger partial charge in [-0.3, -0.25) is 4.79 Å². The minimum atomic E-state index is -1.61. The third-order valence-electron chi connectivity index (χ3n) is 9.75.